The monoisotopic (exact) mass is 260 g/mol. The van der Waals surface area contributed by atoms with Gasteiger partial charge in [-0.05, 0) is 42.7 Å². The van der Waals surface area contributed by atoms with E-state index in [1.807, 2.05) is 13.0 Å². The van der Waals surface area contributed by atoms with Gasteiger partial charge in [-0.15, -0.1) is 11.8 Å². The van der Waals surface area contributed by atoms with Gasteiger partial charge in [-0.25, -0.2) is 4.98 Å². The molecule has 0 atom stereocenters. The summed E-state index contributed by atoms with van der Waals surface area (Å²) in [5.41, 5.74) is 3.18. The number of thioether (sulfide) groups is 1. The number of fused-ring (bicyclic) bond motifs is 1. The van der Waals surface area contributed by atoms with E-state index in [1.165, 1.54) is 17.3 Å². The van der Waals surface area contributed by atoms with Crippen molar-refractivity contribution >= 4 is 28.6 Å². The van der Waals surface area contributed by atoms with Crippen LogP contribution in [-0.4, -0.2) is 16.7 Å². The van der Waals surface area contributed by atoms with Crippen LogP contribution in [0.5, 0.6) is 0 Å². The number of carbonyl (C=O) groups excluding carboxylic acids is 1. The summed E-state index contributed by atoms with van der Waals surface area (Å²) < 4.78 is 0. The van der Waals surface area contributed by atoms with E-state index in [-0.39, 0.29) is 5.75 Å². The summed E-state index contributed by atoms with van der Waals surface area (Å²) in [5, 5.41) is 12.3. The van der Waals surface area contributed by atoms with Gasteiger partial charge >= 0.3 is 0 Å². The fraction of sp³-hybridized carbons (Fsp3) is 0.286. The van der Waals surface area contributed by atoms with Crippen molar-refractivity contribution in [3.8, 4) is 0 Å². The Labute approximate surface area is 110 Å². The highest BCUT2D eigenvalue weighted by molar-refractivity contribution is 7.99. The third kappa shape index (κ3) is 2.82. The summed E-state index contributed by atoms with van der Waals surface area (Å²) in [6.45, 7) is 4.06. The lowest BCUT2D eigenvalue weighted by molar-refractivity contribution is -0.301. The van der Waals surface area contributed by atoms with Crippen molar-refractivity contribution in [3.05, 3.63) is 35.4 Å². The molecule has 3 nitrogen and oxygen atoms in total. The number of aryl methyl sites for hydroxylation is 2. The van der Waals surface area contributed by atoms with E-state index in [4.69, 9.17) is 0 Å². The highest BCUT2D eigenvalue weighted by Crippen LogP contribution is 2.24. The minimum Gasteiger partial charge on any atom is -0.549 e. The van der Waals surface area contributed by atoms with Gasteiger partial charge in [0.05, 0.1) is 16.5 Å². The molecule has 0 aliphatic carbocycles. The largest absolute Gasteiger partial charge is 0.549 e. The summed E-state index contributed by atoms with van der Waals surface area (Å²) in [5.74, 6) is -1.13. The molecule has 0 unspecified atom stereocenters. The van der Waals surface area contributed by atoms with E-state index in [2.05, 4.69) is 30.1 Å². The van der Waals surface area contributed by atoms with Crippen LogP contribution in [-0.2, 0) is 11.2 Å². The number of carboxylic acids is 1. The van der Waals surface area contributed by atoms with E-state index in [0.717, 1.165) is 27.9 Å². The first-order valence-corrected chi connectivity index (χ1v) is 6.81. The fourth-order valence-corrected chi connectivity index (χ4v) is 2.51. The molecular formula is C14H14NO2S-. The van der Waals surface area contributed by atoms with E-state index in [9.17, 15) is 9.90 Å². The lowest BCUT2D eigenvalue weighted by Crippen LogP contribution is -2.24. The Bertz CT molecular complexity index is 596. The summed E-state index contributed by atoms with van der Waals surface area (Å²) >= 11 is 1.21. The predicted octanol–water partition coefficient (Wildman–Crippen LogP) is 1.95. The van der Waals surface area contributed by atoms with Crippen LogP contribution in [0.2, 0.25) is 0 Å². The average molecular weight is 260 g/mol. The first-order chi connectivity index (χ1) is 8.60. The normalized spacial score (nSPS) is 10.8. The van der Waals surface area contributed by atoms with Crippen LogP contribution in [0.15, 0.2) is 29.3 Å². The molecule has 0 amide bonds. The van der Waals surface area contributed by atoms with Gasteiger partial charge in [0, 0.05) is 11.1 Å². The molecule has 0 bridgehead atoms. The molecule has 94 valence electrons. The second-order valence-corrected chi connectivity index (χ2v) is 5.12. The van der Waals surface area contributed by atoms with Gasteiger partial charge in [-0.3, -0.25) is 0 Å². The van der Waals surface area contributed by atoms with Crippen LogP contribution >= 0.6 is 11.8 Å². The van der Waals surface area contributed by atoms with Crippen LogP contribution in [0.3, 0.4) is 0 Å². The molecule has 0 saturated carbocycles. The standard InChI is InChI=1S/C14H15NO2S/c1-3-10-4-5-12-11(7-10)6-9(2)14(15-12)18-8-13(16)17/h4-7H,3,8H2,1-2H3,(H,16,17)/p-1. The van der Waals surface area contributed by atoms with Gasteiger partial charge < -0.3 is 9.90 Å². The molecule has 0 aliphatic rings. The SMILES string of the molecule is CCc1ccc2nc(SCC(=O)[O-])c(C)cc2c1. The predicted molar refractivity (Wildman–Crippen MR) is 71.6 cm³/mol. The number of hydrogen-bond acceptors (Lipinski definition) is 4. The van der Waals surface area contributed by atoms with Crippen molar-refractivity contribution < 1.29 is 9.90 Å². The number of carbonyl (C=O) groups is 1. The summed E-state index contributed by atoms with van der Waals surface area (Å²) in [4.78, 5) is 15.0. The summed E-state index contributed by atoms with van der Waals surface area (Å²) in [6, 6.07) is 8.22. The van der Waals surface area contributed by atoms with Gasteiger partial charge in [0.15, 0.2) is 0 Å². The van der Waals surface area contributed by atoms with Crippen molar-refractivity contribution in [2.45, 2.75) is 25.3 Å². The van der Waals surface area contributed by atoms with E-state index in [1.54, 1.807) is 0 Å². The number of hydrogen-bond donors (Lipinski definition) is 0. The van der Waals surface area contributed by atoms with Crippen LogP contribution in [0.1, 0.15) is 18.1 Å². The Hall–Kier alpha value is -1.55. The third-order valence-corrected chi connectivity index (χ3v) is 3.83. The first kappa shape index (κ1) is 12.9. The van der Waals surface area contributed by atoms with Gasteiger partial charge in [0.2, 0.25) is 0 Å². The molecule has 0 spiro atoms. The number of aromatic nitrogens is 1. The number of benzene rings is 1. The molecule has 18 heavy (non-hydrogen) atoms. The number of pyridine rings is 1. The minimum absolute atomic E-state index is 0.0631. The van der Waals surface area contributed by atoms with Gasteiger partial charge in [0.1, 0.15) is 0 Å². The second kappa shape index (κ2) is 5.40. The van der Waals surface area contributed by atoms with E-state index in [0.29, 0.717) is 0 Å². The maximum absolute atomic E-state index is 10.5. The molecule has 1 heterocycles. The molecule has 2 aromatic rings. The Morgan fingerprint density at radius 3 is 2.83 bits per heavy atom. The lowest BCUT2D eigenvalue weighted by Gasteiger charge is -2.08. The topological polar surface area (TPSA) is 53.0 Å². The smallest absolute Gasteiger partial charge is 0.1000 e. The van der Waals surface area contributed by atoms with Crippen LogP contribution in [0, 0.1) is 6.92 Å². The number of aliphatic carboxylic acids is 1. The Morgan fingerprint density at radius 1 is 1.39 bits per heavy atom. The van der Waals surface area contributed by atoms with Crippen molar-refractivity contribution in [2.24, 2.45) is 0 Å². The Balaban J connectivity index is 2.39. The zero-order valence-corrected chi connectivity index (χ0v) is 11.2. The summed E-state index contributed by atoms with van der Waals surface area (Å²) in [6.07, 6.45) is 0.996. The minimum atomic E-state index is -1.07. The molecule has 1 aromatic heterocycles. The van der Waals surface area contributed by atoms with Crippen molar-refractivity contribution in [3.63, 3.8) is 0 Å². The molecule has 1 aromatic carbocycles. The maximum Gasteiger partial charge on any atom is 0.1000 e. The third-order valence-electron chi connectivity index (χ3n) is 2.76. The van der Waals surface area contributed by atoms with Crippen molar-refractivity contribution in [2.75, 3.05) is 5.75 Å². The van der Waals surface area contributed by atoms with E-state index >= 15 is 0 Å². The molecule has 0 fully saturated rings. The molecule has 0 N–H and O–H groups in total. The van der Waals surface area contributed by atoms with Crippen molar-refractivity contribution in [1.29, 1.82) is 0 Å². The maximum atomic E-state index is 10.5. The molecule has 0 saturated heterocycles. The number of nitrogens with zero attached hydrogens (tertiary/aromatic N) is 1. The number of rotatable bonds is 4. The fourth-order valence-electron chi connectivity index (χ4n) is 1.81. The van der Waals surface area contributed by atoms with Crippen LogP contribution in [0.4, 0.5) is 0 Å². The lowest BCUT2D eigenvalue weighted by atomic mass is 10.1. The summed E-state index contributed by atoms with van der Waals surface area (Å²) in [7, 11) is 0. The van der Waals surface area contributed by atoms with Gasteiger partial charge in [0.25, 0.3) is 0 Å². The van der Waals surface area contributed by atoms with Crippen LogP contribution in [0.25, 0.3) is 10.9 Å². The Kier molecular flexibility index (Phi) is 3.87. The van der Waals surface area contributed by atoms with Gasteiger partial charge in [-0.2, -0.15) is 0 Å². The second-order valence-electron chi connectivity index (χ2n) is 4.15. The molecule has 2 rings (SSSR count). The highest BCUT2D eigenvalue weighted by atomic mass is 32.2. The zero-order valence-electron chi connectivity index (χ0n) is 10.4. The molecule has 4 heteroatoms. The molecule has 0 aliphatic heterocycles. The van der Waals surface area contributed by atoms with Crippen molar-refractivity contribution in [1.82, 2.24) is 4.98 Å². The molecular weight excluding hydrogens is 246 g/mol. The Morgan fingerprint density at radius 2 is 2.17 bits per heavy atom. The quantitative estimate of drug-likeness (QED) is 0.788. The molecule has 0 radical (unpaired) electrons. The highest BCUT2D eigenvalue weighted by Gasteiger charge is 2.05. The number of carboxylic acid groups (broad SMARTS) is 1. The zero-order chi connectivity index (χ0) is 13.1. The average Bonchev–Trinajstić information content (AvgIpc) is 2.35. The first-order valence-electron chi connectivity index (χ1n) is 5.83. The van der Waals surface area contributed by atoms with E-state index < -0.39 is 5.97 Å². The van der Waals surface area contributed by atoms with Gasteiger partial charge in [-0.1, -0.05) is 13.0 Å². The van der Waals surface area contributed by atoms with Crippen LogP contribution < -0.4 is 5.11 Å².